The minimum atomic E-state index is 0.240. The maximum absolute atomic E-state index is 2.78. The van der Waals surface area contributed by atoms with Gasteiger partial charge in [-0.25, -0.2) is 0 Å². The Balaban J connectivity index is 3.28. The smallest absolute Gasteiger partial charge is 0.0151 e. The average molecular weight is 453 g/mol. The summed E-state index contributed by atoms with van der Waals surface area (Å²) in [5.74, 6) is 0. The van der Waals surface area contributed by atoms with Crippen LogP contribution in [0.3, 0.4) is 0 Å². The highest BCUT2D eigenvalue weighted by Gasteiger charge is 2.34. The van der Waals surface area contributed by atoms with E-state index in [-0.39, 0.29) is 22.2 Å². The molecular formula is C28H60N4. The molecule has 0 aromatic rings. The van der Waals surface area contributed by atoms with Crippen LogP contribution in [0.1, 0.15) is 109 Å². The maximum atomic E-state index is 2.78. The van der Waals surface area contributed by atoms with E-state index in [4.69, 9.17) is 0 Å². The summed E-state index contributed by atoms with van der Waals surface area (Å²) in [4.78, 5) is 11.1. The molecule has 32 heavy (non-hydrogen) atoms. The number of hydrogen-bond donors (Lipinski definition) is 0. The van der Waals surface area contributed by atoms with Gasteiger partial charge in [-0.15, -0.1) is 0 Å². The summed E-state index contributed by atoms with van der Waals surface area (Å²) >= 11 is 0. The first-order valence-corrected chi connectivity index (χ1v) is 13.7. The molecule has 0 aromatic carbocycles. The fourth-order valence-corrected chi connectivity index (χ4v) is 4.73. The molecule has 0 atom stereocenters. The van der Waals surface area contributed by atoms with Crippen LogP contribution in [0.2, 0.25) is 0 Å². The van der Waals surface area contributed by atoms with E-state index in [0.717, 1.165) is 52.4 Å². The van der Waals surface area contributed by atoms with E-state index in [1.54, 1.807) is 0 Å². The van der Waals surface area contributed by atoms with Gasteiger partial charge in [-0.1, -0.05) is 27.7 Å². The molecule has 1 rings (SSSR count). The van der Waals surface area contributed by atoms with Crippen LogP contribution in [0.5, 0.6) is 0 Å². The van der Waals surface area contributed by atoms with E-state index in [0.29, 0.717) is 0 Å². The number of nitrogens with zero attached hydrogens (tertiary/aromatic N) is 4. The van der Waals surface area contributed by atoms with Crippen LogP contribution in [0.25, 0.3) is 0 Å². The third-order valence-corrected chi connectivity index (χ3v) is 9.44. The van der Waals surface area contributed by atoms with Crippen molar-refractivity contribution in [1.82, 2.24) is 19.6 Å². The molecule has 1 aliphatic heterocycles. The molecular weight excluding hydrogens is 392 g/mol. The lowest BCUT2D eigenvalue weighted by Crippen LogP contribution is -2.58. The van der Waals surface area contributed by atoms with Crippen molar-refractivity contribution in [2.24, 2.45) is 0 Å². The molecule has 192 valence electrons. The van der Waals surface area contributed by atoms with E-state index >= 15 is 0 Å². The van der Waals surface area contributed by atoms with Gasteiger partial charge in [0.1, 0.15) is 0 Å². The fraction of sp³-hybridized carbons (Fsp3) is 1.00. The molecule has 1 fully saturated rings. The van der Waals surface area contributed by atoms with Crippen LogP contribution in [0.15, 0.2) is 0 Å². The minimum absolute atomic E-state index is 0.240. The second-order valence-corrected chi connectivity index (χ2v) is 12.6. The molecule has 0 N–H and O–H groups in total. The highest BCUT2D eigenvalue weighted by molar-refractivity contribution is 4.90. The summed E-state index contributed by atoms with van der Waals surface area (Å²) in [6.07, 6.45) is 4.78. The molecule has 1 aliphatic rings. The SMILES string of the molecule is CCC(C)(C)N1CCN(C(C)(C)CC)CCN(C(C)(C)CC)CCN(C(C)(C)CC)CC1. The number of rotatable bonds is 8. The van der Waals surface area contributed by atoms with Crippen molar-refractivity contribution < 1.29 is 0 Å². The Morgan fingerprint density at radius 3 is 0.562 bits per heavy atom. The second kappa shape index (κ2) is 12.0. The van der Waals surface area contributed by atoms with E-state index in [9.17, 15) is 0 Å². The van der Waals surface area contributed by atoms with Gasteiger partial charge < -0.3 is 0 Å². The highest BCUT2D eigenvalue weighted by Crippen LogP contribution is 2.26. The van der Waals surface area contributed by atoms with Gasteiger partial charge in [0.2, 0.25) is 0 Å². The Morgan fingerprint density at radius 2 is 0.469 bits per heavy atom. The molecule has 4 nitrogen and oxygen atoms in total. The third-order valence-electron chi connectivity index (χ3n) is 9.44. The lowest BCUT2D eigenvalue weighted by molar-refractivity contribution is 0.00614. The molecule has 0 saturated carbocycles. The first-order chi connectivity index (χ1) is 14.7. The van der Waals surface area contributed by atoms with Crippen molar-refractivity contribution in [3.8, 4) is 0 Å². The van der Waals surface area contributed by atoms with Crippen LogP contribution >= 0.6 is 0 Å². The lowest BCUT2D eigenvalue weighted by atomic mass is 9.95. The van der Waals surface area contributed by atoms with Crippen LogP contribution in [-0.2, 0) is 0 Å². The van der Waals surface area contributed by atoms with Crippen molar-refractivity contribution in [3.05, 3.63) is 0 Å². The maximum Gasteiger partial charge on any atom is 0.0151 e. The van der Waals surface area contributed by atoms with E-state index in [1.165, 1.54) is 25.7 Å². The van der Waals surface area contributed by atoms with Gasteiger partial charge in [0.15, 0.2) is 0 Å². The van der Waals surface area contributed by atoms with Gasteiger partial charge >= 0.3 is 0 Å². The summed E-state index contributed by atoms with van der Waals surface area (Å²) in [6, 6.07) is 0. The van der Waals surface area contributed by atoms with Gasteiger partial charge in [-0.2, -0.15) is 0 Å². The molecule has 0 aliphatic carbocycles. The van der Waals surface area contributed by atoms with Crippen LogP contribution in [0, 0.1) is 0 Å². The molecule has 0 unspecified atom stereocenters. The zero-order valence-corrected chi connectivity index (χ0v) is 24.3. The van der Waals surface area contributed by atoms with Crippen LogP contribution < -0.4 is 0 Å². The Hall–Kier alpha value is -0.160. The molecule has 4 heteroatoms. The molecule has 0 aromatic heterocycles. The number of hydrogen-bond acceptors (Lipinski definition) is 4. The van der Waals surface area contributed by atoms with E-state index < -0.39 is 0 Å². The standard InChI is InChI=1S/C28H60N4/c1-13-25(5,6)29-17-19-30(26(7,8)14-2)21-23-32(28(11,12)16-4)24-22-31(20-18-29)27(9,10)15-3/h13-24H2,1-12H3. The molecule has 0 radical (unpaired) electrons. The predicted molar refractivity (Wildman–Crippen MR) is 144 cm³/mol. The third kappa shape index (κ3) is 7.96. The molecule has 1 saturated heterocycles. The van der Waals surface area contributed by atoms with E-state index in [2.05, 4.69) is 103 Å². The molecule has 0 spiro atoms. The highest BCUT2D eigenvalue weighted by atomic mass is 15.3. The molecule has 0 amide bonds. The summed E-state index contributed by atoms with van der Waals surface area (Å²) in [7, 11) is 0. The summed E-state index contributed by atoms with van der Waals surface area (Å²) in [5.41, 5.74) is 0.962. The van der Waals surface area contributed by atoms with Crippen LogP contribution in [-0.4, -0.2) is 94.1 Å². The summed E-state index contributed by atoms with van der Waals surface area (Å²) < 4.78 is 0. The van der Waals surface area contributed by atoms with Gasteiger partial charge in [-0.3, -0.25) is 19.6 Å². The summed E-state index contributed by atoms with van der Waals surface area (Å²) in [5, 5.41) is 0. The fourth-order valence-electron chi connectivity index (χ4n) is 4.73. The van der Waals surface area contributed by atoms with Crippen molar-refractivity contribution in [2.75, 3.05) is 52.4 Å². The van der Waals surface area contributed by atoms with Gasteiger partial charge in [0.25, 0.3) is 0 Å². The first-order valence-electron chi connectivity index (χ1n) is 13.7. The average Bonchev–Trinajstić information content (AvgIpc) is 2.73. The van der Waals surface area contributed by atoms with Gasteiger partial charge in [0, 0.05) is 74.5 Å². The Bertz CT molecular complexity index is 426. The summed E-state index contributed by atoms with van der Waals surface area (Å²) in [6.45, 7) is 38.2. The minimum Gasteiger partial charge on any atom is -0.296 e. The zero-order chi connectivity index (χ0) is 24.8. The van der Waals surface area contributed by atoms with E-state index in [1.807, 2.05) is 0 Å². The second-order valence-electron chi connectivity index (χ2n) is 12.6. The lowest BCUT2D eigenvalue weighted by Gasteiger charge is -2.48. The molecule has 0 bridgehead atoms. The predicted octanol–water partition coefficient (Wildman–Crippen LogP) is 5.96. The molecule has 1 heterocycles. The first kappa shape index (κ1) is 29.9. The largest absolute Gasteiger partial charge is 0.296 e. The monoisotopic (exact) mass is 452 g/mol. The van der Waals surface area contributed by atoms with Crippen LogP contribution in [0.4, 0.5) is 0 Å². The van der Waals surface area contributed by atoms with Crippen molar-refractivity contribution in [2.45, 2.75) is 131 Å². The van der Waals surface area contributed by atoms with Gasteiger partial charge in [0.05, 0.1) is 0 Å². The van der Waals surface area contributed by atoms with Crippen molar-refractivity contribution in [1.29, 1.82) is 0 Å². The van der Waals surface area contributed by atoms with Crippen molar-refractivity contribution >= 4 is 0 Å². The zero-order valence-electron chi connectivity index (χ0n) is 24.3. The van der Waals surface area contributed by atoms with Gasteiger partial charge in [-0.05, 0) is 81.1 Å². The topological polar surface area (TPSA) is 13.0 Å². The van der Waals surface area contributed by atoms with Crippen molar-refractivity contribution in [3.63, 3.8) is 0 Å². The quantitative estimate of drug-likeness (QED) is 0.450. The normalized spacial score (nSPS) is 21.4. The Kier molecular flexibility index (Phi) is 11.2. The Morgan fingerprint density at radius 1 is 0.344 bits per heavy atom. The Labute approximate surface area is 203 Å².